The number of amides is 3. The highest BCUT2D eigenvalue weighted by atomic mass is 16.5. The number of carbonyl (C=O) groups excluding carboxylic acids is 3. The molecule has 2 heterocycles. The van der Waals surface area contributed by atoms with Gasteiger partial charge in [-0.2, -0.15) is 0 Å². The lowest BCUT2D eigenvalue weighted by molar-refractivity contribution is -0.132. The van der Waals surface area contributed by atoms with Crippen LogP contribution in [0.5, 0.6) is 5.75 Å². The van der Waals surface area contributed by atoms with Crippen LogP contribution in [0, 0.1) is 0 Å². The Morgan fingerprint density at radius 1 is 1.03 bits per heavy atom. The maximum Gasteiger partial charge on any atom is 0.287 e. The van der Waals surface area contributed by atoms with Gasteiger partial charge in [0.25, 0.3) is 5.91 Å². The summed E-state index contributed by atoms with van der Waals surface area (Å²) >= 11 is 0. The number of benzene rings is 1. The van der Waals surface area contributed by atoms with E-state index < -0.39 is 11.8 Å². The highest BCUT2D eigenvalue weighted by molar-refractivity contribution is 5.94. The minimum atomic E-state index is -0.481. The first kappa shape index (κ1) is 20.2. The number of nitrogens with zero attached hydrogens (tertiary/aromatic N) is 2. The number of anilines is 1. The lowest BCUT2D eigenvalue weighted by Gasteiger charge is -2.36. The molecule has 2 aromatic rings. The van der Waals surface area contributed by atoms with E-state index in [4.69, 9.17) is 9.15 Å². The topological polar surface area (TPSA) is 104 Å². The highest BCUT2D eigenvalue weighted by Gasteiger charge is 2.22. The van der Waals surface area contributed by atoms with E-state index in [0.717, 1.165) is 11.4 Å². The number of piperazine rings is 1. The quantitative estimate of drug-likeness (QED) is 0.701. The van der Waals surface area contributed by atoms with Gasteiger partial charge in [-0.3, -0.25) is 14.4 Å². The van der Waals surface area contributed by atoms with Gasteiger partial charge in [0, 0.05) is 37.9 Å². The second-order valence-electron chi connectivity index (χ2n) is 6.51. The Morgan fingerprint density at radius 3 is 2.52 bits per heavy atom. The van der Waals surface area contributed by atoms with E-state index in [1.807, 2.05) is 24.3 Å². The standard InChI is InChI=1S/C20H24N4O5/c1-28-16-5-2-4-15(12-16)23-7-9-24(10-8-23)19(26)14-21-18(25)13-22-20(27)17-6-3-11-29-17/h2-6,11-12H,7-10,13-14H2,1H3,(H,21,25)(H,22,27). The molecule has 1 fully saturated rings. The summed E-state index contributed by atoms with van der Waals surface area (Å²) in [5, 5.41) is 4.97. The van der Waals surface area contributed by atoms with E-state index in [2.05, 4.69) is 15.5 Å². The van der Waals surface area contributed by atoms with E-state index in [1.165, 1.54) is 12.3 Å². The Morgan fingerprint density at radius 2 is 1.83 bits per heavy atom. The average Bonchev–Trinajstić information content (AvgIpc) is 3.31. The maximum absolute atomic E-state index is 12.3. The van der Waals surface area contributed by atoms with Crippen molar-refractivity contribution in [3.05, 3.63) is 48.4 Å². The molecular weight excluding hydrogens is 376 g/mol. The van der Waals surface area contributed by atoms with Crippen LogP contribution in [-0.4, -0.2) is 69.0 Å². The van der Waals surface area contributed by atoms with Crippen molar-refractivity contribution in [2.24, 2.45) is 0 Å². The predicted molar refractivity (Wildman–Crippen MR) is 106 cm³/mol. The number of hydrogen-bond acceptors (Lipinski definition) is 6. The van der Waals surface area contributed by atoms with Crippen LogP contribution in [0.4, 0.5) is 5.69 Å². The fraction of sp³-hybridized carbons (Fsp3) is 0.350. The minimum Gasteiger partial charge on any atom is -0.497 e. The van der Waals surface area contributed by atoms with E-state index in [9.17, 15) is 14.4 Å². The molecule has 3 rings (SSSR count). The van der Waals surface area contributed by atoms with Crippen molar-refractivity contribution < 1.29 is 23.5 Å². The molecule has 154 valence electrons. The lowest BCUT2D eigenvalue weighted by atomic mass is 10.2. The first-order valence-corrected chi connectivity index (χ1v) is 9.32. The third kappa shape index (κ3) is 5.50. The summed E-state index contributed by atoms with van der Waals surface area (Å²) in [5.41, 5.74) is 1.05. The summed E-state index contributed by atoms with van der Waals surface area (Å²) in [6, 6.07) is 10.9. The monoisotopic (exact) mass is 400 g/mol. The molecule has 0 aliphatic carbocycles. The molecule has 0 atom stereocenters. The van der Waals surface area contributed by atoms with E-state index in [1.54, 1.807) is 18.1 Å². The molecule has 29 heavy (non-hydrogen) atoms. The third-order valence-corrected chi connectivity index (χ3v) is 4.64. The SMILES string of the molecule is COc1cccc(N2CCN(C(=O)CNC(=O)CNC(=O)c3ccco3)CC2)c1. The normalized spacial score (nSPS) is 13.7. The maximum atomic E-state index is 12.3. The van der Waals surface area contributed by atoms with Crippen LogP contribution in [0.1, 0.15) is 10.6 Å². The minimum absolute atomic E-state index is 0.103. The largest absolute Gasteiger partial charge is 0.497 e. The van der Waals surface area contributed by atoms with Crippen LogP contribution in [0.15, 0.2) is 47.1 Å². The fourth-order valence-corrected chi connectivity index (χ4v) is 3.03. The van der Waals surface area contributed by atoms with Crippen LogP contribution >= 0.6 is 0 Å². The summed E-state index contributed by atoms with van der Waals surface area (Å²) in [4.78, 5) is 39.8. The zero-order valence-electron chi connectivity index (χ0n) is 16.2. The summed E-state index contributed by atoms with van der Waals surface area (Å²) in [6.07, 6.45) is 1.38. The Kier molecular flexibility index (Phi) is 6.72. The van der Waals surface area contributed by atoms with Gasteiger partial charge in [0.1, 0.15) is 5.75 Å². The van der Waals surface area contributed by atoms with Gasteiger partial charge in [0.05, 0.1) is 26.5 Å². The van der Waals surface area contributed by atoms with Gasteiger partial charge >= 0.3 is 0 Å². The molecule has 1 aliphatic rings. The van der Waals surface area contributed by atoms with Gasteiger partial charge in [0.2, 0.25) is 11.8 Å². The summed E-state index contributed by atoms with van der Waals surface area (Å²) < 4.78 is 10.2. The van der Waals surface area contributed by atoms with E-state index in [-0.39, 0.29) is 24.8 Å². The number of furan rings is 1. The number of carbonyl (C=O) groups is 3. The van der Waals surface area contributed by atoms with E-state index >= 15 is 0 Å². The summed E-state index contributed by atoms with van der Waals surface area (Å²) in [7, 11) is 1.63. The van der Waals surface area contributed by atoms with Crippen molar-refractivity contribution in [2.45, 2.75) is 0 Å². The van der Waals surface area contributed by atoms with Gasteiger partial charge in [-0.15, -0.1) is 0 Å². The molecule has 0 bridgehead atoms. The molecule has 9 nitrogen and oxygen atoms in total. The van der Waals surface area contributed by atoms with Crippen molar-refractivity contribution >= 4 is 23.4 Å². The van der Waals surface area contributed by atoms with Crippen LogP contribution in [0.25, 0.3) is 0 Å². The first-order valence-electron chi connectivity index (χ1n) is 9.32. The molecule has 3 amide bonds. The third-order valence-electron chi connectivity index (χ3n) is 4.64. The van der Waals surface area contributed by atoms with Crippen molar-refractivity contribution in [3.63, 3.8) is 0 Å². The molecule has 1 aromatic carbocycles. The molecule has 9 heteroatoms. The number of hydrogen-bond donors (Lipinski definition) is 2. The van der Waals surface area contributed by atoms with Crippen molar-refractivity contribution in [1.82, 2.24) is 15.5 Å². The molecule has 0 unspecified atom stereocenters. The molecule has 2 N–H and O–H groups in total. The number of rotatable bonds is 7. The molecule has 0 spiro atoms. The Balaban J connectivity index is 1.38. The Labute approximate surface area is 168 Å². The van der Waals surface area contributed by atoms with Gasteiger partial charge in [-0.1, -0.05) is 6.07 Å². The van der Waals surface area contributed by atoms with Gasteiger partial charge < -0.3 is 29.6 Å². The second kappa shape index (κ2) is 9.63. The molecule has 1 saturated heterocycles. The van der Waals surface area contributed by atoms with Crippen LogP contribution < -0.4 is 20.3 Å². The Bertz CT molecular complexity index is 844. The van der Waals surface area contributed by atoms with Crippen LogP contribution in [-0.2, 0) is 9.59 Å². The summed E-state index contributed by atoms with van der Waals surface area (Å²) in [6.45, 7) is 2.21. The van der Waals surface area contributed by atoms with Crippen molar-refractivity contribution in [3.8, 4) is 5.75 Å². The second-order valence-corrected chi connectivity index (χ2v) is 6.51. The average molecular weight is 400 g/mol. The number of nitrogens with one attached hydrogen (secondary N) is 2. The molecule has 0 saturated carbocycles. The lowest BCUT2D eigenvalue weighted by Crippen LogP contribution is -2.51. The fourth-order valence-electron chi connectivity index (χ4n) is 3.03. The molecule has 1 aromatic heterocycles. The Hall–Kier alpha value is -3.49. The molecule has 1 aliphatic heterocycles. The molecule has 0 radical (unpaired) electrons. The summed E-state index contributed by atoms with van der Waals surface area (Å²) in [5.74, 6) is -0.148. The van der Waals surface area contributed by atoms with Gasteiger partial charge in [-0.25, -0.2) is 0 Å². The zero-order chi connectivity index (χ0) is 20.6. The van der Waals surface area contributed by atoms with Crippen molar-refractivity contribution in [1.29, 1.82) is 0 Å². The highest BCUT2D eigenvalue weighted by Crippen LogP contribution is 2.22. The predicted octanol–water partition coefficient (Wildman–Crippen LogP) is 0.483. The van der Waals surface area contributed by atoms with Crippen LogP contribution in [0.3, 0.4) is 0 Å². The number of ether oxygens (including phenoxy) is 1. The van der Waals surface area contributed by atoms with Crippen molar-refractivity contribution in [2.75, 3.05) is 51.3 Å². The van der Waals surface area contributed by atoms with E-state index in [0.29, 0.717) is 26.2 Å². The van der Waals surface area contributed by atoms with Crippen LogP contribution in [0.2, 0.25) is 0 Å². The number of methoxy groups -OCH3 is 1. The molecular formula is C20H24N4O5. The first-order chi connectivity index (χ1) is 14.1. The smallest absolute Gasteiger partial charge is 0.287 e. The van der Waals surface area contributed by atoms with Gasteiger partial charge in [0.15, 0.2) is 5.76 Å². The van der Waals surface area contributed by atoms with Gasteiger partial charge in [-0.05, 0) is 24.3 Å². The zero-order valence-corrected chi connectivity index (χ0v) is 16.2.